The van der Waals surface area contributed by atoms with Crippen LogP contribution in [0.4, 0.5) is 10.1 Å². The van der Waals surface area contributed by atoms with Gasteiger partial charge in [-0.05, 0) is 38.1 Å². The Morgan fingerprint density at radius 2 is 1.95 bits per heavy atom. The van der Waals surface area contributed by atoms with Crippen LogP contribution in [0.25, 0.3) is 0 Å². The summed E-state index contributed by atoms with van der Waals surface area (Å²) in [5.74, 6) is -0.552. The van der Waals surface area contributed by atoms with Crippen LogP contribution in [0.5, 0.6) is 0 Å². The molecule has 4 nitrogen and oxygen atoms in total. The van der Waals surface area contributed by atoms with Gasteiger partial charge in [-0.2, -0.15) is 0 Å². The number of anilines is 1. The van der Waals surface area contributed by atoms with Gasteiger partial charge in [-0.15, -0.1) is 0 Å². The van der Waals surface area contributed by atoms with E-state index in [1.807, 2.05) is 19.9 Å². The number of rotatable bonds is 4. The molecule has 0 fully saturated rings. The predicted molar refractivity (Wildman–Crippen MR) is 82.3 cm³/mol. The van der Waals surface area contributed by atoms with Crippen molar-refractivity contribution >= 4 is 35.0 Å². The summed E-state index contributed by atoms with van der Waals surface area (Å²) in [5, 5.41) is 3.33. The first-order valence-corrected chi connectivity index (χ1v) is 7.50. The van der Waals surface area contributed by atoms with E-state index in [1.165, 1.54) is 23.9 Å². The van der Waals surface area contributed by atoms with Crippen LogP contribution >= 0.6 is 23.4 Å². The molecule has 2 aromatic rings. The maximum Gasteiger partial charge on any atom is 0.234 e. The Morgan fingerprint density at radius 1 is 1.29 bits per heavy atom. The monoisotopic (exact) mass is 325 g/mol. The average Bonchev–Trinajstić information content (AvgIpc) is 2.39. The first-order chi connectivity index (χ1) is 9.94. The van der Waals surface area contributed by atoms with E-state index in [4.69, 9.17) is 11.6 Å². The van der Waals surface area contributed by atoms with Gasteiger partial charge in [0.05, 0.1) is 16.5 Å². The molecule has 1 heterocycles. The fourth-order valence-electron chi connectivity index (χ4n) is 1.67. The van der Waals surface area contributed by atoms with Crippen LogP contribution in [0.1, 0.15) is 11.4 Å². The zero-order valence-electron chi connectivity index (χ0n) is 11.5. The molecular formula is C14H13ClFN3OS. The lowest BCUT2D eigenvalue weighted by atomic mass is 10.3. The fraction of sp³-hybridized carbons (Fsp3) is 0.214. The Labute approximate surface area is 131 Å². The summed E-state index contributed by atoms with van der Waals surface area (Å²) in [7, 11) is 0. The van der Waals surface area contributed by atoms with E-state index in [0.29, 0.717) is 10.8 Å². The first-order valence-electron chi connectivity index (χ1n) is 6.14. The standard InChI is InChI=1S/C14H13ClFN3OS/c1-8-5-9(2)18-14(17-8)21-7-13(20)19-12-4-3-10(16)6-11(12)15/h3-6H,7H2,1-2H3,(H,19,20). The molecular weight excluding hydrogens is 313 g/mol. The molecule has 1 N–H and O–H groups in total. The summed E-state index contributed by atoms with van der Waals surface area (Å²) < 4.78 is 12.9. The highest BCUT2D eigenvalue weighted by Crippen LogP contribution is 2.23. The van der Waals surface area contributed by atoms with Crippen LogP contribution in [0.15, 0.2) is 29.4 Å². The SMILES string of the molecule is Cc1cc(C)nc(SCC(=O)Nc2ccc(F)cc2Cl)n1. The second-order valence-electron chi connectivity index (χ2n) is 4.39. The van der Waals surface area contributed by atoms with E-state index >= 15 is 0 Å². The molecule has 2 rings (SSSR count). The molecule has 0 unspecified atom stereocenters. The first kappa shape index (κ1) is 15.7. The molecule has 1 aromatic heterocycles. The molecule has 7 heteroatoms. The summed E-state index contributed by atoms with van der Waals surface area (Å²) in [4.78, 5) is 20.3. The molecule has 21 heavy (non-hydrogen) atoms. The lowest BCUT2D eigenvalue weighted by Crippen LogP contribution is -2.14. The number of hydrogen-bond donors (Lipinski definition) is 1. The molecule has 0 saturated carbocycles. The number of benzene rings is 1. The lowest BCUT2D eigenvalue weighted by Gasteiger charge is -2.07. The van der Waals surface area contributed by atoms with Crippen molar-refractivity contribution in [2.24, 2.45) is 0 Å². The van der Waals surface area contributed by atoms with E-state index in [9.17, 15) is 9.18 Å². The molecule has 0 aliphatic carbocycles. The van der Waals surface area contributed by atoms with Crippen LogP contribution in [-0.2, 0) is 4.79 Å². The molecule has 110 valence electrons. The number of nitrogens with zero attached hydrogens (tertiary/aromatic N) is 2. The van der Waals surface area contributed by atoms with Gasteiger partial charge in [0.2, 0.25) is 5.91 Å². The minimum absolute atomic E-state index is 0.149. The second kappa shape index (κ2) is 6.87. The van der Waals surface area contributed by atoms with Crippen molar-refractivity contribution in [1.82, 2.24) is 9.97 Å². The molecule has 0 atom stereocenters. The Kier molecular flexibility index (Phi) is 5.14. The number of aryl methyl sites for hydroxylation is 2. The van der Waals surface area contributed by atoms with Crippen molar-refractivity contribution in [1.29, 1.82) is 0 Å². The largest absolute Gasteiger partial charge is 0.324 e. The number of halogens is 2. The van der Waals surface area contributed by atoms with E-state index in [2.05, 4.69) is 15.3 Å². The van der Waals surface area contributed by atoms with Crippen LogP contribution in [0.3, 0.4) is 0 Å². The van der Waals surface area contributed by atoms with Gasteiger partial charge in [0.15, 0.2) is 5.16 Å². The Balaban J connectivity index is 1.95. The fourth-order valence-corrected chi connectivity index (χ4v) is 2.63. The molecule has 1 amide bonds. The second-order valence-corrected chi connectivity index (χ2v) is 5.74. The lowest BCUT2D eigenvalue weighted by molar-refractivity contribution is -0.113. The number of nitrogens with one attached hydrogen (secondary N) is 1. The zero-order valence-corrected chi connectivity index (χ0v) is 13.1. The van der Waals surface area contributed by atoms with Crippen LogP contribution in [-0.4, -0.2) is 21.6 Å². The quantitative estimate of drug-likeness (QED) is 0.689. The minimum atomic E-state index is -0.448. The zero-order chi connectivity index (χ0) is 15.4. The van der Waals surface area contributed by atoms with Gasteiger partial charge in [0.25, 0.3) is 0 Å². The van der Waals surface area contributed by atoms with E-state index in [-0.39, 0.29) is 16.7 Å². The Bertz CT molecular complexity index is 661. The topological polar surface area (TPSA) is 54.9 Å². The number of hydrogen-bond acceptors (Lipinski definition) is 4. The molecule has 0 bridgehead atoms. The maximum absolute atomic E-state index is 12.9. The van der Waals surface area contributed by atoms with Crippen LogP contribution in [0, 0.1) is 19.7 Å². The van der Waals surface area contributed by atoms with Crippen molar-refractivity contribution in [3.8, 4) is 0 Å². The number of thioether (sulfide) groups is 1. The smallest absolute Gasteiger partial charge is 0.234 e. The summed E-state index contributed by atoms with van der Waals surface area (Å²) in [6.45, 7) is 3.74. The van der Waals surface area contributed by atoms with E-state index in [0.717, 1.165) is 17.5 Å². The molecule has 0 spiro atoms. The third-order valence-corrected chi connectivity index (χ3v) is 3.66. The summed E-state index contributed by atoms with van der Waals surface area (Å²) >= 11 is 7.08. The van der Waals surface area contributed by atoms with Gasteiger partial charge in [-0.1, -0.05) is 23.4 Å². The normalized spacial score (nSPS) is 10.5. The van der Waals surface area contributed by atoms with E-state index < -0.39 is 5.82 Å². The van der Waals surface area contributed by atoms with Crippen LogP contribution < -0.4 is 5.32 Å². The Morgan fingerprint density at radius 3 is 2.57 bits per heavy atom. The van der Waals surface area contributed by atoms with Gasteiger partial charge >= 0.3 is 0 Å². The maximum atomic E-state index is 12.9. The number of aromatic nitrogens is 2. The highest BCUT2D eigenvalue weighted by atomic mass is 35.5. The van der Waals surface area contributed by atoms with Crippen molar-refractivity contribution in [2.75, 3.05) is 11.1 Å². The molecule has 0 saturated heterocycles. The number of carbonyl (C=O) groups is 1. The van der Waals surface area contributed by atoms with Gasteiger partial charge in [-0.3, -0.25) is 4.79 Å². The summed E-state index contributed by atoms with van der Waals surface area (Å²) in [6, 6.07) is 5.68. The number of carbonyl (C=O) groups excluding carboxylic acids is 1. The third-order valence-electron chi connectivity index (χ3n) is 2.50. The third kappa shape index (κ3) is 4.68. The van der Waals surface area contributed by atoms with E-state index in [1.54, 1.807) is 0 Å². The number of amides is 1. The highest BCUT2D eigenvalue weighted by Gasteiger charge is 2.09. The van der Waals surface area contributed by atoms with Crippen molar-refractivity contribution in [3.05, 3.63) is 46.5 Å². The minimum Gasteiger partial charge on any atom is -0.324 e. The molecule has 0 aliphatic heterocycles. The van der Waals surface area contributed by atoms with Crippen molar-refractivity contribution < 1.29 is 9.18 Å². The molecule has 0 radical (unpaired) electrons. The highest BCUT2D eigenvalue weighted by molar-refractivity contribution is 7.99. The summed E-state index contributed by atoms with van der Waals surface area (Å²) in [5.41, 5.74) is 2.09. The predicted octanol–water partition coefficient (Wildman–Crippen LogP) is 3.62. The van der Waals surface area contributed by atoms with Crippen molar-refractivity contribution in [2.45, 2.75) is 19.0 Å². The van der Waals surface area contributed by atoms with Crippen LogP contribution in [0.2, 0.25) is 5.02 Å². The van der Waals surface area contributed by atoms with Gasteiger partial charge in [-0.25, -0.2) is 14.4 Å². The van der Waals surface area contributed by atoms with Crippen molar-refractivity contribution in [3.63, 3.8) is 0 Å². The summed E-state index contributed by atoms with van der Waals surface area (Å²) in [6.07, 6.45) is 0. The Hall–Kier alpha value is -1.66. The van der Waals surface area contributed by atoms with Gasteiger partial charge in [0, 0.05) is 11.4 Å². The van der Waals surface area contributed by atoms with Gasteiger partial charge in [0.1, 0.15) is 5.82 Å². The van der Waals surface area contributed by atoms with Gasteiger partial charge < -0.3 is 5.32 Å². The molecule has 0 aliphatic rings. The average molecular weight is 326 g/mol. The molecule has 1 aromatic carbocycles.